The van der Waals surface area contributed by atoms with Crippen molar-refractivity contribution in [2.24, 2.45) is 0 Å². The molecule has 3 aromatic carbocycles. The Morgan fingerprint density at radius 2 is 1.51 bits per heavy atom. The third kappa shape index (κ3) is 8.26. The molecule has 0 amide bonds. The number of benzene rings is 3. The van der Waals surface area contributed by atoms with Crippen LogP contribution in [0.15, 0.2) is 97.3 Å². The van der Waals surface area contributed by atoms with E-state index in [9.17, 15) is 14.7 Å². The summed E-state index contributed by atoms with van der Waals surface area (Å²) in [4.78, 5) is 33.7. The summed E-state index contributed by atoms with van der Waals surface area (Å²) in [6, 6.07) is 28.2. The molecule has 2 N–H and O–H groups in total. The number of rotatable bonds is 10. The molecule has 8 heteroatoms. The van der Waals surface area contributed by atoms with E-state index in [1.807, 2.05) is 106 Å². The molecule has 2 atom stereocenters. The first-order chi connectivity index (χ1) is 18.7. The fraction of sp³-hybridized carbons (Fsp3) is 0.226. The Morgan fingerprint density at radius 1 is 0.897 bits per heavy atom. The first kappa shape index (κ1) is 28.1. The second kappa shape index (κ2) is 12.7. The summed E-state index contributed by atoms with van der Waals surface area (Å²) in [5.74, 6) is -0.530. The molecule has 1 unspecified atom stereocenters. The molecule has 0 bridgehead atoms. The summed E-state index contributed by atoms with van der Waals surface area (Å²) in [6.07, 6.45) is 1.74. The minimum atomic E-state index is -2.26. The molecule has 0 radical (unpaired) electrons. The molecule has 0 saturated carbocycles. The van der Waals surface area contributed by atoms with Crippen molar-refractivity contribution in [3.63, 3.8) is 0 Å². The molecule has 0 spiro atoms. The third-order valence-electron chi connectivity index (χ3n) is 5.84. The molecule has 0 saturated heterocycles. The van der Waals surface area contributed by atoms with Gasteiger partial charge in [-0.05, 0) is 0 Å². The van der Waals surface area contributed by atoms with Crippen molar-refractivity contribution in [1.29, 1.82) is 0 Å². The zero-order chi connectivity index (χ0) is 27.8. The van der Waals surface area contributed by atoms with Crippen LogP contribution in [0.2, 0.25) is 0 Å². The molecular weight excluding hydrogens is 553 g/mol. The monoisotopic (exact) mass is 585 g/mol. The van der Waals surface area contributed by atoms with Gasteiger partial charge in [0.25, 0.3) is 0 Å². The van der Waals surface area contributed by atoms with Crippen LogP contribution >= 0.6 is 0 Å². The van der Waals surface area contributed by atoms with E-state index in [2.05, 4.69) is 15.3 Å². The normalized spacial score (nSPS) is 12.8. The third-order valence-corrected chi connectivity index (χ3v) is 10.3. The maximum atomic E-state index is 13.2. The number of anilines is 1. The Kier molecular flexibility index (Phi) is 9.15. The van der Waals surface area contributed by atoms with Gasteiger partial charge in [-0.2, -0.15) is 0 Å². The standard InChI is InChI=1S/C31H32AsN3O4/c1-31(2,3)39-30(38)32(20-23-12-8-5-9-13-23)25-16-14-24(15-17-25)26-19-28(34-21-33-26)35-27(29(36)37)18-22-10-6-4-7-11-22/h4-17,19,21,27H,18,20H2,1-3H3,(H,36,37)(H,33,34,35)/t27-,32?/m0/s1. The van der Waals surface area contributed by atoms with Gasteiger partial charge in [-0.1, -0.05) is 18.2 Å². The number of carbonyl (C=O) groups is 2. The zero-order valence-corrected chi connectivity index (χ0v) is 24.1. The van der Waals surface area contributed by atoms with Crippen molar-refractivity contribution in [1.82, 2.24) is 9.97 Å². The number of carboxylic acid groups (broad SMARTS) is 1. The van der Waals surface area contributed by atoms with E-state index >= 15 is 0 Å². The van der Waals surface area contributed by atoms with E-state index in [1.165, 1.54) is 6.33 Å². The molecule has 7 nitrogen and oxygen atoms in total. The van der Waals surface area contributed by atoms with Crippen LogP contribution in [0.4, 0.5) is 10.6 Å². The van der Waals surface area contributed by atoms with Gasteiger partial charge < -0.3 is 0 Å². The minimum absolute atomic E-state index is 0.127. The number of hydrogen-bond donors (Lipinski definition) is 2. The number of aromatic nitrogens is 2. The van der Waals surface area contributed by atoms with Gasteiger partial charge >= 0.3 is 216 Å². The van der Waals surface area contributed by atoms with E-state index in [-0.39, 0.29) is 4.76 Å². The van der Waals surface area contributed by atoms with Crippen LogP contribution in [0, 0.1) is 0 Å². The first-order valence-corrected chi connectivity index (χ1v) is 15.9. The van der Waals surface area contributed by atoms with Crippen molar-refractivity contribution >= 4 is 35.5 Å². The fourth-order valence-corrected chi connectivity index (χ4v) is 8.16. The van der Waals surface area contributed by atoms with Gasteiger partial charge in [0.2, 0.25) is 0 Å². The Labute approximate surface area is 233 Å². The van der Waals surface area contributed by atoms with Gasteiger partial charge in [0.1, 0.15) is 0 Å². The van der Waals surface area contributed by atoms with Crippen LogP contribution in [0.3, 0.4) is 0 Å². The fourth-order valence-electron chi connectivity index (χ4n) is 3.98. The van der Waals surface area contributed by atoms with Gasteiger partial charge in [-0.3, -0.25) is 0 Å². The van der Waals surface area contributed by atoms with Crippen LogP contribution in [-0.4, -0.2) is 52.1 Å². The number of nitrogens with zero attached hydrogens (tertiary/aromatic N) is 2. The van der Waals surface area contributed by atoms with E-state index in [1.54, 1.807) is 6.07 Å². The van der Waals surface area contributed by atoms with Crippen LogP contribution < -0.4 is 9.67 Å². The second-order valence-corrected chi connectivity index (χ2v) is 14.4. The molecule has 1 aromatic heterocycles. The average molecular weight is 586 g/mol. The van der Waals surface area contributed by atoms with Gasteiger partial charge in [0.15, 0.2) is 0 Å². The maximum absolute atomic E-state index is 13.2. The predicted molar refractivity (Wildman–Crippen MR) is 154 cm³/mol. The number of aliphatic carboxylic acids is 1. The molecule has 0 aliphatic heterocycles. The van der Waals surface area contributed by atoms with Gasteiger partial charge in [-0.25, -0.2) is 0 Å². The van der Waals surface area contributed by atoms with Crippen LogP contribution in [-0.2, 0) is 21.2 Å². The summed E-state index contributed by atoms with van der Waals surface area (Å²) in [7, 11) is 0. The van der Waals surface area contributed by atoms with E-state index < -0.39 is 32.3 Å². The summed E-state index contributed by atoms with van der Waals surface area (Å²) in [5, 5.41) is 13.4. The number of nitrogens with one attached hydrogen (secondary N) is 1. The van der Waals surface area contributed by atoms with Gasteiger partial charge in [0.05, 0.1) is 0 Å². The molecule has 4 aromatic rings. The van der Waals surface area contributed by atoms with Gasteiger partial charge in [0, 0.05) is 0 Å². The van der Waals surface area contributed by atoms with Crippen molar-refractivity contribution in [3.05, 3.63) is 108 Å². The zero-order valence-electron chi connectivity index (χ0n) is 22.2. The predicted octanol–water partition coefficient (Wildman–Crippen LogP) is 5.25. The Bertz CT molecular complexity index is 1390. The quantitative estimate of drug-likeness (QED) is 0.245. The number of carboxylic acids is 1. The SMILES string of the molecule is CC(C)(C)OC(=O)[As](Cc1ccccc1)c1ccc(-c2cc(N[C@@H](Cc3ccccc3)C(=O)O)ncn2)cc1. The summed E-state index contributed by atoms with van der Waals surface area (Å²) < 4.78 is 6.67. The number of hydrogen-bond acceptors (Lipinski definition) is 6. The van der Waals surface area contributed by atoms with E-state index in [4.69, 9.17) is 4.74 Å². The molecule has 0 aliphatic carbocycles. The molecular formula is C31H32AsN3O4. The summed E-state index contributed by atoms with van der Waals surface area (Å²) >= 11 is -2.26. The van der Waals surface area contributed by atoms with Crippen molar-refractivity contribution in [2.45, 2.75) is 44.0 Å². The first-order valence-electron chi connectivity index (χ1n) is 12.7. The van der Waals surface area contributed by atoms with Crippen molar-refractivity contribution in [2.75, 3.05) is 5.32 Å². The average Bonchev–Trinajstić information content (AvgIpc) is 2.92. The van der Waals surface area contributed by atoms with Crippen LogP contribution in [0.5, 0.6) is 0 Å². The van der Waals surface area contributed by atoms with Gasteiger partial charge in [-0.15, -0.1) is 0 Å². The molecule has 0 fully saturated rings. The Balaban J connectivity index is 1.54. The number of ether oxygens (including phenoxy) is 1. The molecule has 4 rings (SSSR count). The van der Waals surface area contributed by atoms with Crippen molar-refractivity contribution in [3.8, 4) is 11.3 Å². The second-order valence-electron chi connectivity index (χ2n) is 10.1. The number of carbonyl (C=O) groups excluding carboxylic acids is 1. The Hall–Kier alpha value is -3.96. The summed E-state index contributed by atoms with van der Waals surface area (Å²) in [6.45, 7) is 5.66. The molecule has 200 valence electrons. The topological polar surface area (TPSA) is 101 Å². The van der Waals surface area contributed by atoms with Crippen LogP contribution in [0.25, 0.3) is 11.3 Å². The molecule has 1 heterocycles. The van der Waals surface area contributed by atoms with Crippen LogP contribution in [0.1, 0.15) is 31.9 Å². The molecule has 0 aliphatic rings. The van der Waals surface area contributed by atoms with E-state index in [0.717, 1.165) is 21.0 Å². The summed E-state index contributed by atoms with van der Waals surface area (Å²) in [5.41, 5.74) is 2.97. The van der Waals surface area contributed by atoms with E-state index in [0.29, 0.717) is 23.1 Å². The molecule has 39 heavy (non-hydrogen) atoms. The van der Waals surface area contributed by atoms with Crippen molar-refractivity contribution < 1.29 is 19.4 Å². The Morgan fingerprint density at radius 3 is 2.10 bits per heavy atom.